The summed E-state index contributed by atoms with van der Waals surface area (Å²) in [4.78, 5) is 13.0. The Kier molecular flexibility index (Phi) is 3.87. The van der Waals surface area contributed by atoms with E-state index in [2.05, 4.69) is 31.7 Å². The Morgan fingerprint density at radius 1 is 1.30 bits per heavy atom. The van der Waals surface area contributed by atoms with Crippen LogP contribution in [0.15, 0.2) is 30.7 Å². The van der Waals surface area contributed by atoms with Gasteiger partial charge in [-0.3, -0.25) is 9.97 Å². The molecule has 0 aliphatic carbocycles. The summed E-state index contributed by atoms with van der Waals surface area (Å²) in [6.45, 7) is 4.16. The van der Waals surface area contributed by atoms with Crippen LogP contribution in [0.4, 0.5) is 11.5 Å². The van der Waals surface area contributed by atoms with E-state index in [0.29, 0.717) is 5.92 Å². The molecule has 5 nitrogen and oxygen atoms in total. The van der Waals surface area contributed by atoms with Gasteiger partial charge in [-0.1, -0.05) is 0 Å². The largest absolute Gasteiger partial charge is 0.339 e. The normalized spacial score (nSPS) is 18.8. The molecule has 1 aliphatic heterocycles. The van der Waals surface area contributed by atoms with Crippen LogP contribution in [-0.4, -0.2) is 28.0 Å². The summed E-state index contributed by atoms with van der Waals surface area (Å²) in [7, 11) is 0. The Morgan fingerprint density at radius 3 is 3.00 bits per heavy atom. The Hall–Kier alpha value is -2.01. The number of hydrogen-bond donors (Lipinski definition) is 2. The van der Waals surface area contributed by atoms with Crippen LogP contribution < -0.4 is 10.6 Å². The zero-order valence-corrected chi connectivity index (χ0v) is 11.6. The van der Waals surface area contributed by atoms with E-state index in [1.807, 2.05) is 13.0 Å². The number of rotatable bonds is 3. The SMILES string of the molecule is Cc1cc(Nc2cnccn2)cc(C2CCCNC2)n1. The quantitative estimate of drug-likeness (QED) is 0.896. The molecule has 1 atom stereocenters. The number of hydrogen-bond acceptors (Lipinski definition) is 5. The number of nitrogens with one attached hydrogen (secondary N) is 2. The molecule has 5 heteroatoms. The van der Waals surface area contributed by atoms with E-state index >= 15 is 0 Å². The molecule has 1 saturated heterocycles. The molecule has 1 aliphatic rings. The van der Waals surface area contributed by atoms with Crippen LogP contribution in [0.2, 0.25) is 0 Å². The van der Waals surface area contributed by atoms with Gasteiger partial charge >= 0.3 is 0 Å². The summed E-state index contributed by atoms with van der Waals surface area (Å²) < 4.78 is 0. The third-order valence-electron chi connectivity index (χ3n) is 3.52. The molecule has 1 unspecified atom stereocenters. The van der Waals surface area contributed by atoms with Crippen molar-refractivity contribution in [3.05, 3.63) is 42.1 Å². The molecule has 3 heterocycles. The van der Waals surface area contributed by atoms with Crippen molar-refractivity contribution in [3.8, 4) is 0 Å². The molecule has 2 aromatic rings. The zero-order valence-electron chi connectivity index (χ0n) is 11.6. The minimum atomic E-state index is 0.506. The van der Waals surface area contributed by atoms with Crippen LogP contribution in [0.3, 0.4) is 0 Å². The third-order valence-corrected chi connectivity index (χ3v) is 3.52. The van der Waals surface area contributed by atoms with Crippen molar-refractivity contribution in [3.63, 3.8) is 0 Å². The Balaban J connectivity index is 1.82. The lowest BCUT2D eigenvalue weighted by atomic mass is 9.95. The van der Waals surface area contributed by atoms with E-state index in [4.69, 9.17) is 0 Å². The van der Waals surface area contributed by atoms with Gasteiger partial charge in [0.1, 0.15) is 5.82 Å². The first-order valence-corrected chi connectivity index (χ1v) is 7.03. The van der Waals surface area contributed by atoms with E-state index in [1.54, 1.807) is 18.6 Å². The second-order valence-electron chi connectivity index (χ2n) is 5.18. The molecule has 0 amide bonds. The lowest BCUT2D eigenvalue weighted by Gasteiger charge is -2.23. The van der Waals surface area contributed by atoms with Gasteiger partial charge in [-0.2, -0.15) is 0 Å². The van der Waals surface area contributed by atoms with Crippen molar-refractivity contribution >= 4 is 11.5 Å². The van der Waals surface area contributed by atoms with E-state index < -0.39 is 0 Å². The van der Waals surface area contributed by atoms with Gasteiger partial charge in [0.2, 0.25) is 0 Å². The number of piperidine rings is 1. The summed E-state index contributed by atoms with van der Waals surface area (Å²) in [6, 6.07) is 4.16. The Morgan fingerprint density at radius 2 is 2.25 bits per heavy atom. The summed E-state index contributed by atoms with van der Waals surface area (Å²) in [5.74, 6) is 1.26. The highest BCUT2D eigenvalue weighted by Crippen LogP contribution is 2.25. The maximum atomic E-state index is 4.68. The second kappa shape index (κ2) is 5.96. The first-order valence-electron chi connectivity index (χ1n) is 7.03. The van der Waals surface area contributed by atoms with Crippen LogP contribution in [0.25, 0.3) is 0 Å². The monoisotopic (exact) mass is 269 g/mol. The molecule has 0 aromatic carbocycles. The number of anilines is 2. The van der Waals surface area contributed by atoms with E-state index in [1.165, 1.54) is 12.8 Å². The summed E-state index contributed by atoms with van der Waals surface area (Å²) in [5.41, 5.74) is 3.21. The van der Waals surface area contributed by atoms with Crippen LogP contribution >= 0.6 is 0 Å². The fraction of sp³-hybridized carbons (Fsp3) is 0.400. The fourth-order valence-corrected chi connectivity index (χ4v) is 2.59. The van der Waals surface area contributed by atoms with Crippen molar-refractivity contribution < 1.29 is 0 Å². The first kappa shape index (κ1) is 13.0. The Bertz CT molecular complexity index is 564. The topological polar surface area (TPSA) is 62.7 Å². The predicted molar refractivity (Wildman–Crippen MR) is 79.1 cm³/mol. The first-order chi connectivity index (χ1) is 9.81. The molecule has 0 radical (unpaired) electrons. The van der Waals surface area contributed by atoms with Crippen LogP contribution in [0.1, 0.15) is 30.1 Å². The minimum absolute atomic E-state index is 0.506. The summed E-state index contributed by atoms with van der Waals surface area (Å²) >= 11 is 0. The standard InChI is InChI=1S/C15H19N5/c1-11-7-13(20-15-10-17-5-6-18-15)8-14(19-11)12-3-2-4-16-9-12/h5-8,10,12,16H,2-4,9H2,1H3,(H,18,19,20). The van der Waals surface area contributed by atoms with Gasteiger partial charge < -0.3 is 10.6 Å². The number of nitrogens with zero attached hydrogens (tertiary/aromatic N) is 3. The van der Waals surface area contributed by atoms with E-state index in [0.717, 1.165) is 36.0 Å². The zero-order chi connectivity index (χ0) is 13.8. The van der Waals surface area contributed by atoms with Gasteiger partial charge in [-0.15, -0.1) is 0 Å². The molecule has 0 spiro atoms. The highest BCUT2D eigenvalue weighted by atomic mass is 15.0. The average molecular weight is 269 g/mol. The molecule has 104 valence electrons. The van der Waals surface area contributed by atoms with Crippen LogP contribution in [-0.2, 0) is 0 Å². The molecule has 0 saturated carbocycles. The molecular formula is C15H19N5. The molecule has 3 rings (SSSR count). The van der Waals surface area contributed by atoms with Crippen molar-refractivity contribution in [1.82, 2.24) is 20.3 Å². The number of aromatic nitrogens is 3. The van der Waals surface area contributed by atoms with Gasteiger partial charge in [0, 0.05) is 41.9 Å². The number of pyridine rings is 1. The lowest BCUT2D eigenvalue weighted by molar-refractivity contribution is 0.454. The maximum Gasteiger partial charge on any atom is 0.148 e. The van der Waals surface area contributed by atoms with Gasteiger partial charge in [0.15, 0.2) is 0 Å². The second-order valence-corrected chi connectivity index (χ2v) is 5.18. The maximum absolute atomic E-state index is 4.68. The van der Waals surface area contributed by atoms with Gasteiger partial charge in [0.25, 0.3) is 0 Å². The highest BCUT2D eigenvalue weighted by Gasteiger charge is 2.17. The van der Waals surface area contributed by atoms with E-state index in [-0.39, 0.29) is 0 Å². The summed E-state index contributed by atoms with van der Waals surface area (Å²) in [6.07, 6.45) is 7.49. The van der Waals surface area contributed by atoms with Crippen molar-refractivity contribution in [1.29, 1.82) is 0 Å². The van der Waals surface area contributed by atoms with Crippen LogP contribution in [0, 0.1) is 6.92 Å². The van der Waals surface area contributed by atoms with Gasteiger partial charge in [-0.05, 0) is 38.4 Å². The molecular weight excluding hydrogens is 250 g/mol. The van der Waals surface area contributed by atoms with Gasteiger partial charge in [0.05, 0.1) is 6.20 Å². The van der Waals surface area contributed by atoms with E-state index in [9.17, 15) is 0 Å². The predicted octanol–water partition coefficient (Wildman–Crippen LogP) is 2.39. The van der Waals surface area contributed by atoms with Gasteiger partial charge in [-0.25, -0.2) is 4.98 Å². The molecule has 2 N–H and O–H groups in total. The molecule has 20 heavy (non-hydrogen) atoms. The average Bonchev–Trinajstić information content (AvgIpc) is 2.49. The Labute approximate surface area is 118 Å². The molecule has 1 fully saturated rings. The van der Waals surface area contributed by atoms with Crippen molar-refractivity contribution in [2.24, 2.45) is 0 Å². The summed E-state index contributed by atoms with van der Waals surface area (Å²) in [5, 5.41) is 6.73. The number of aryl methyl sites for hydroxylation is 1. The highest BCUT2D eigenvalue weighted by molar-refractivity contribution is 5.56. The smallest absolute Gasteiger partial charge is 0.148 e. The fourth-order valence-electron chi connectivity index (χ4n) is 2.59. The molecule has 2 aromatic heterocycles. The van der Waals surface area contributed by atoms with Crippen LogP contribution in [0.5, 0.6) is 0 Å². The lowest BCUT2D eigenvalue weighted by Crippen LogP contribution is -2.28. The van der Waals surface area contributed by atoms with Crippen molar-refractivity contribution in [2.75, 3.05) is 18.4 Å². The minimum Gasteiger partial charge on any atom is -0.339 e. The van der Waals surface area contributed by atoms with Crippen molar-refractivity contribution in [2.45, 2.75) is 25.7 Å². The molecule has 0 bridgehead atoms. The third kappa shape index (κ3) is 3.11.